The summed E-state index contributed by atoms with van der Waals surface area (Å²) in [5.74, 6) is -1.09. The maximum Gasteiger partial charge on any atom is 0.573 e. The first-order valence-corrected chi connectivity index (χ1v) is 9.47. The van der Waals surface area contributed by atoms with Gasteiger partial charge in [0.1, 0.15) is 11.6 Å². The van der Waals surface area contributed by atoms with Crippen LogP contribution >= 0.6 is 0 Å². The van der Waals surface area contributed by atoms with Gasteiger partial charge in [-0.05, 0) is 36.6 Å². The largest absolute Gasteiger partial charge is 0.573 e. The zero-order valence-electron chi connectivity index (χ0n) is 16.1. The summed E-state index contributed by atoms with van der Waals surface area (Å²) in [6, 6.07) is 11.7. The quantitative estimate of drug-likeness (QED) is 0.664. The second-order valence-corrected chi connectivity index (χ2v) is 6.99. The molecule has 0 radical (unpaired) electrons. The Labute approximate surface area is 171 Å². The number of carbonyl (C=O) groups excluding carboxylic acids is 1. The minimum Gasteiger partial charge on any atom is -0.405 e. The number of alkyl halides is 3. The number of benzene rings is 2. The third kappa shape index (κ3) is 5.93. The van der Waals surface area contributed by atoms with Gasteiger partial charge in [-0.15, -0.1) is 13.2 Å². The molecule has 0 aromatic heterocycles. The van der Waals surface area contributed by atoms with Crippen LogP contribution in [0.4, 0.5) is 17.6 Å². The Morgan fingerprint density at radius 3 is 2.40 bits per heavy atom. The van der Waals surface area contributed by atoms with Gasteiger partial charge in [0.15, 0.2) is 0 Å². The molecule has 0 spiro atoms. The highest BCUT2D eigenvalue weighted by atomic mass is 19.4. The molecule has 3 rings (SSSR count). The molecule has 2 aromatic carbocycles. The first kappa shape index (κ1) is 22.0. The first-order valence-electron chi connectivity index (χ1n) is 9.47. The number of halogens is 4. The van der Waals surface area contributed by atoms with Crippen molar-refractivity contribution in [2.24, 2.45) is 0 Å². The van der Waals surface area contributed by atoms with Crippen molar-refractivity contribution in [3.8, 4) is 5.75 Å². The number of ether oxygens (including phenoxy) is 2. The summed E-state index contributed by atoms with van der Waals surface area (Å²) in [5.41, 5.74) is 0.520. The predicted octanol–water partition coefficient (Wildman–Crippen LogP) is 3.64. The number of amides is 1. The number of para-hydroxylation sites is 1. The molecule has 2 aromatic rings. The molecular weight excluding hydrogens is 404 g/mol. The van der Waals surface area contributed by atoms with E-state index in [0.29, 0.717) is 26.1 Å². The minimum atomic E-state index is -4.81. The number of hydrogen-bond donors (Lipinski definition) is 2. The van der Waals surface area contributed by atoms with Gasteiger partial charge in [-0.2, -0.15) is 0 Å². The van der Waals surface area contributed by atoms with Gasteiger partial charge in [-0.3, -0.25) is 10.1 Å². The summed E-state index contributed by atoms with van der Waals surface area (Å²) in [5, 5.41) is 5.84. The Bertz CT molecular complexity index is 850. The summed E-state index contributed by atoms with van der Waals surface area (Å²) in [6.07, 6.45) is -3.60. The minimum absolute atomic E-state index is 0.0559. The maximum absolute atomic E-state index is 13.3. The van der Waals surface area contributed by atoms with Gasteiger partial charge < -0.3 is 14.8 Å². The molecule has 162 valence electrons. The summed E-state index contributed by atoms with van der Waals surface area (Å²) in [6.45, 7) is 0.821. The summed E-state index contributed by atoms with van der Waals surface area (Å²) >= 11 is 0. The Morgan fingerprint density at radius 2 is 1.73 bits per heavy atom. The Balaban J connectivity index is 1.61. The molecule has 1 fully saturated rings. The van der Waals surface area contributed by atoms with E-state index in [1.54, 1.807) is 18.2 Å². The van der Waals surface area contributed by atoms with Crippen LogP contribution in [0.3, 0.4) is 0 Å². The van der Waals surface area contributed by atoms with E-state index >= 15 is 0 Å². The lowest BCUT2D eigenvalue weighted by Crippen LogP contribution is -2.50. The van der Waals surface area contributed by atoms with Crippen LogP contribution in [0, 0.1) is 5.82 Å². The van der Waals surface area contributed by atoms with E-state index in [1.807, 2.05) is 0 Å². The van der Waals surface area contributed by atoms with E-state index in [2.05, 4.69) is 15.4 Å². The summed E-state index contributed by atoms with van der Waals surface area (Å²) < 4.78 is 60.3. The molecule has 1 amide bonds. The number of carbonyl (C=O) groups is 1. The van der Waals surface area contributed by atoms with Gasteiger partial charge in [0, 0.05) is 30.9 Å². The van der Waals surface area contributed by atoms with E-state index in [4.69, 9.17) is 4.74 Å². The first-order chi connectivity index (χ1) is 14.3. The summed E-state index contributed by atoms with van der Waals surface area (Å²) in [7, 11) is 0. The van der Waals surface area contributed by atoms with Crippen LogP contribution < -0.4 is 15.4 Å². The highest BCUT2D eigenvalue weighted by Gasteiger charge is 2.35. The van der Waals surface area contributed by atoms with E-state index in [1.165, 1.54) is 30.3 Å². The van der Waals surface area contributed by atoms with Gasteiger partial charge in [-0.1, -0.05) is 30.3 Å². The standard InChI is InChI=1S/C21H22F4N2O3/c22-17-7-5-16(6-8-17)20(9-11-29-12-10-20)27-14-19(28)26-13-15-3-1-2-4-18(15)30-21(23,24)25/h1-8,27H,9-14H2,(H,26,28). The van der Waals surface area contributed by atoms with Crippen LogP contribution in [0.1, 0.15) is 24.0 Å². The zero-order chi connectivity index (χ0) is 21.6. The van der Waals surface area contributed by atoms with Crippen LogP contribution in [0.25, 0.3) is 0 Å². The lowest BCUT2D eigenvalue weighted by Gasteiger charge is -2.38. The van der Waals surface area contributed by atoms with E-state index in [9.17, 15) is 22.4 Å². The molecule has 5 nitrogen and oxygen atoms in total. The maximum atomic E-state index is 13.3. The normalized spacial score (nSPS) is 16.1. The van der Waals surface area contributed by atoms with Crippen LogP contribution in [0.5, 0.6) is 5.75 Å². The Kier molecular flexibility index (Phi) is 6.94. The highest BCUT2D eigenvalue weighted by molar-refractivity contribution is 5.78. The third-order valence-electron chi connectivity index (χ3n) is 5.00. The molecule has 0 bridgehead atoms. The zero-order valence-corrected chi connectivity index (χ0v) is 16.1. The molecule has 0 aliphatic carbocycles. The fourth-order valence-electron chi connectivity index (χ4n) is 3.44. The topological polar surface area (TPSA) is 59.6 Å². The van der Waals surface area contributed by atoms with Crippen LogP contribution in [-0.4, -0.2) is 32.0 Å². The molecular formula is C21H22F4N2O3. The second-order valence-electron chi connectivity index (χ2n) is 6.99. The molecule has 1 aliphatic rings. The Morgan fingerprint density at radius 1 is 1.07 bits per heavy atom. The van der Waals surface area contributed by atoms with Crippen LogP contribution in [-0.2, 0) is 21.6 Å². The van der Waals surface area contributed by atoms with Crippen LogP contribution in [0.15, 0.2) is 48.5 Å². The number of rotatable bonds is 7. The summed E-state index contributed by atoms with van der Waals surface area (Å²) in [4.78, 5) is 12.4. The monoisotopic (exact) mass is 426 g/mol. The molecule has 1 aliphatic heterocycles. The van der Waals surface area contributed by atoms with Crippen molar-refractivity contribution in [1.82, 2.24) is 10.6 Å². The van der Waals surface area contributed by atoms with Gasteiger partial charge in [0.05, 0.1) is 6.54 Å². The fourth-order valence-corrected chi connectivity index (χ4v) is 3.44. The van der Waals surface area contributed by atoms with Crippen molar-refractivity contribution in [2.45, 2.75) is 31.3 Å². The van der Waals surface area contributed by atoms with Crippen molar-refractivity contribution in [2.75, 3.05) is 19.8 Å². The molecule has 0 unspecified atom stereocenters. The van der Waals surface area contributed by atoms with E-state index in [-0.39, 0.29) is 36.1 Å². The van der Waals surface area contributed by atoms with Gasteiger partial charge in [-0.25, -0.2) is 4.39 Å². The van der Waals surface area contributed by atoms with Gasteiger partial charge in [0.2, 0.25) is 5.91 Å². The number of hydrogen-bond acceptors (Lipinski definition) is 4. The van der Waals surface area contributed by atoms with Crippen molar-refractivity contribution in [3.05, 3.63) is 65.5 Å². The molecule has 9 heteroatoms. The molecule has 30 heavy (non-hydrogen) atoms. The van der Waals surface area contributed by atoms with Crippen molar-refractivity contribution >= 4 is 5.91 Å². The molecule has 1 saturated heterocycles. The van der Waals surface area contributed by atoms with Gasteiger partial charge >= 0.3 is 6.36 Å². The van der Waals surface area contributed by atoms with Crippen molar-refractivity contribution < 1.29 is 31.8 Å². The molecule has 0 atom stereocenters. The van der Waals surface area contributed by atoms with Gasteiger partial charge in [0.25, 0.3) is 0 Å². The van der Waals surface area contributed by atoms with Crippen LogP contribution in [0.2, 0.25) is 0 Å². The van der Waals surface area contributed by atoms with E-state index < -0.39 is 11.9 Å². The lowest BCUT2D eigenvalue weighted by molar-refractivity contribution is -0.274. The fraction of sp³-hybridized carbons (Fsp3) is 0.381. The van der Waals surface area contributed by atoms with Crippen molar-refractivity contribution in [3.63, 3.8) is 0 Å². The van der Waals surface area contributed by atoms with Crippen molar-refractivity contribution in [1.29, 1.82) is 0 Å². The lowest BCUT2D eigenvalue weighted by atomic mass is 9.82. The van der Waals surface area contributed by atoms with E-state index in [0.717, 1.165) is 5.56 Å². The average molecular weight is 426 g/mol. The average Bonchev–Trinajstić information content (AvgIpc) is 2.72. The SMILES string of the molecule is O=C(CNC1(c2ccc(F)cc2)CCOCC1)NCc1ccccc1OC(F)(F)F. The molecule has 1 heterocycles. The molecule has 2 N–H and O–H groups in total. The second kappa shape index (κ2) is 9.44. The third-order valence-corrected chi connectivity index (χ3v) is 5.00. The molecule has 0 saturated carbocycles. The predicted molar refractivity (Wildman–Crippen MR) is 101 cm³/mol. The number of nitrogens with one attached hydrogen (secondary N) is 2. The highest BCUT2D eigenvalue weighted by Crippen LogP contribution is 2.32. The Hall–Kier alpha value is -2.65. The smallest absolute Gasteiger partial charge is 0.405 e.